The number of likely N-dealkylation sites (tertiary alicyclic amines) is 1. The minimum atomic E-state index is -0.00585. The van der Waals surface area contributed by atoms with E-state index < -0.39 is 0 Å². The van der Waals surface area contributed by atoms with Crippen LogP contribution >= 0.6 is 0 Å². The Bertz CT molecular complexity index is 408. The van der Waals surface area contributed by atoms with Crippen LogP contribution in [0, 0.1) is 11.8 Å². The van der Waals surface area contributed by atoms with Gasteiger partial charge in [-0.25, -0.2) is 4.79 Å². The molecule has 2 aliphatic rings. The molecule has 1 saturated carbocycles. The average molecular weight is 339 g/mol. The van der Waals surface area contributed by atoms with Crippen LogP contribution in [0.5, 0.6) is 0 Å². The lowest BCUT2D eigenvalue weighted by molar-refractivity contribution is -0.121. The Morgan fingerprint density at radius 3 is 2.50 bits per heavy atom. The van der Waals surface area contributed by atoms with Gasteiger partial charge in [-0.2, -0.15) is 0 Å². The van der Waals surface area contributed by atoms with Crippen molar-refractivity contribution >= 4 is 11.9 Å². The van der Waals surface area contributed by atoms with Crippen LogP contribution in [0.25, 0.3) is 0 Å². The molecule has 2 atom stereocenters. The molecule has 6 nitrogen and oxygen atoms in total. The molecule has 2 N–H and O–H groups in total. The first-order valence-corrected chi connectivity index (χ1v) is 9.45. The number of hydrogen-bond donors (Lipinski definition) is 2. The molecule has 1 aliphatic carbocycles. The molecule has 1 heterocycles. The quantitative estimate of drug-likeness (QED) is 0.728. The summed E-state index contributed by atoms with van der Waals surface area (Å²) < 4.78 is 5.93. The minimum absolute atomic E-state index is 0.00585. The number of nitrogens with one attached hydrogen (secondary N) is 2. The first kappa shape index (κ1) is 19.0. The van der Waals surface area contributed by atoms with Gasteiger partial charge >= 0.3 is 6.03 Å². The monoisotopic (exact) mass is 339 g/mol. The Hall–Kier alpha value is -1.30. The fourth-order valence-corrected chi connectivity index (χ4v) is 3.71. The van der Waals surface area contributed by atoms with Gasteiger partial charge in [0.05, 0.1) is 12.7 Å². The lowest BCUT2D eigenvalue weighted by atomic mass is 9.88. The number of piperidine rings is 1. The van der Waals surface area contributed by atoms with Crippen LogP contribution in [0.1, 0.15) is 51.9 Å². The van der Waals surface area contributed by atoms with E-state index in [0.717, 1.165) is 32.4 Å². The Kier molecular flexibility index (Phi) is 7.82. The van der Waals surface area contributed by atoms with Crippen LogP contribution in [0.3, 0.4) is 0 Å². The second-order valence-corrected chi connectivity index (χ2v) is 7.21. The van der Waals surface area contributed by atoms with Crippen LogP contribution < -0.4 is 10.6 Å². The second-order valence-electron chi connectivity index (χ2n) is 7.21. The van der Waals surface area contributed by atoms with Gasteiger partial charge in [-0.15, -0.1) is 0 Å². The van der Waals surface area contributed by atoms with Crippen molar-refractivity contribution in [1.82, 2.24) is 15.5 Å². The Morgan fingerprint density at radius 2 is 1.83 bits per heavy atom. The fraction of sp³-hybridized carbons (Fsp3) is 0.889. The van der Waals surface area contributed by atoms with Crippen LogP contribution in [0.4, 0.5) is 4.79 Å². The molecule has 1 saturated heterocycles. The van der Waals surface area contributed by atoms with Gasteiger partial charge in [-0.05, 0) is 37.5 Å². The van der Waals surface area contributed by atoms with Crippen molar-refractivity contribution < 1.29 is 14.3 Å². The first-order valence-electron chi connectivity index (χ1n) is 9.45. The SMILES string of the molecule is CNC(=O)CC1CCN(C(=O)NCCOC2CCCCC2C)CC1. The first-order chi connectivity index (χ1) is 11.6. The summed E-state index contributed by atoms with van der Waals surface area (Å²) in [6, 6.07) is -0.00585. The number of hydrogen-bond acceptors (Lipinski definition) is 3. The maximum absolute atomic E-state index is 12.2. The normalized spacial score (nSPS) is 25.3. The third-order valence-electron chi connectivity index (χ3n) is 5.40. The number of amides is 3. The van der Waals surface area contributed by atoms with Crippen LogP contribution in [-0.4, -0.2) is 56.2 Å². The van der Waals surface area contributed by atoms with E-state index in [-0.39, 0.29) is 11.9 Å². The molecule has 138 valence electrons. The van der Waals surface area contributed by atoms with Gasteiger partial charge in [0.1, 0.15) is 0 Å². The van der Waals surface area contributed by atoms with E-state index in [0.29, 0.717) is 37.5 Å². The molecule has 0 aromatic rings. The van der Waals surface area contributed by atoms with Gasteiger partial charge in [-0.1, -0.05) is 19.8 Å². The zero-order chi connectivity index (χ0) is 17.4. The third-order valence-corrected chi connectivity index (χ3v) is 5.40. The highest BCUT2D eigenvalue weighted by Crippen LogP contribution is 2.26. The van der Waals surface area contributed by atoms with E-state index in [1.165, 1.54) is 19.3 Å². The lowest BCUT2D eigenvalue weighted by Crippen LogP contribution is -2.46. The van der Waals surface area contributed by atoms with E-state index in [1.807, 2.05) is 4.90 Å². The maximum Gasteiger partial charge on any atom is 0.317 e. The van der Waals surface area contributed by atoms with Gasteiger partial charge in [0.2, 0.25) is 5.91 Å². The largest absolute Gasteiger partial charge is 0.376 e. The van der Waals surface area contributed by atoms with Crippen molar-refractivity contribution in [1.29, 1.82) is 0 Å². The zero-order valence-corrected chi connectivity index (χ0v) is 15.2. The van der Waals surface area contributed by atoms with Gasteiger partial charge in [0.15, 0.2) is 0 Å². The average Bonchev–Trinajstić information content (AvgIpc) is 2.60. The summed E-state index contributed by atoms with van der Waals surface area (Å²) in [6.07, 6.45) is 7.69. The Morgan fingerprint density at radius 1 is 1.12 bits per heavy atom. The van der Waals surface area contributed by atoms with E-state index in [9.17, 15) is 9.59 Å². The summed E-state index contributed by atoms with van der Waals surface area (Å²) in [7, 11) is 1.67. The number of carbonyl (C=O) groups excluding carboxylic acids is 2. The van der Waals surface area contributed by atoms with Crippen molar-refractivity contribution in [3.63, 3.8) is 0 Å². The van der Waals surface area contributed by atoms with Crippen molar-refractivity contribution in [2.45, 2.75) is 58.0 Å². The lowest BCUT2D eigenvalue weighted by Gasteiger charge is -2.32. The molecule has 0 aromatic heterocycles. The fourth-order valence-electron chi connectivity index (χ4n) is 3.71. The Labute approximate surface area is 145 Å². The molecule has 6 heteroatoms. The number of ether oxygens (including phenoxy) is 1. The Balaban J connectivity index is 1.57. The highest BCUT2D eigenvalue weighted by molar-refractivity contribution is 5.76. The summed E-state index contributed by atoms with van der Waals surface area (Å²) in [5, 5.41) is 5.62. The van der Waals surface area contributed by atoms with E-state index in [1.54, 1.807) is 7.05 Å². The van der Waals surface area contributed by atoms with Crippen molar-refractivity contribution in [3.8, 4) is 0 Å². The molecule has 0 aromatic carbocycles. The van der Waals surface area contributed by atoms with Crippen LogP contribution in [0.15, 0.2) is 0 Å². The van der Waals surface area contributed by atoms with Gasteiger partial charge in [0, 0.05) is 33.1 Å². The molecule has 3 amide bonds. The zero-order valence-electron chi connectivity index (χ0n) is 15.2. The van der Waals surface area contributed by atoms with Gasteiger partial charge < -0.3 is 20.3 Å². The summed E-state index contributed by atoms with van der Waals surface area (Å²) >= 11 is 0. The maximum atomic E-state index is 12.2. The molecular formula is C18H33N3O3. The number of nitrogens with zero attached hydrogens (tertiary/aromatic N) is 1. The smallest absolute Gasteiger partial charge is 0.317 e. The molecule has 24 heavy (non-hydrogen) atoms. The van der Waals surface area contributed by atoms with E-state index in [2.05, 4.69) is 17.6 Å². The molecule has 0 radical (unpaired) electrons. The standard InChI is InChI=1S/C18H33N3O3/c1-14-5-3-4-6-16(14)24-12-9-20-18(23)21-10-7-15(8-11-21)13-17(22)19-2/h14-16H,3-13H2,1-2H3,(H,19,22)(H,20,23). The predicted molar refractivity (Wildman–Crippen MR) is 93.8 cm³/mol. The number of urea groups is 1. The van der Waals surface area contributed by atoms with Crippen LogP contribution in [0.2, 0.25) is 0 Å². The van der Waals surface area contributed by atoms with E-state index in [4.69, 9.17) is 4.74 Å². The van der Waals surface area contributed by atoms with Crippen molar-refractivity contribution in [2.75, 3.05) is 33.3 Å². The molecule has 2 unspecified atom stereocenters. The van der Waals surface area contributed by atoms with Crippen molar-refractivity contribution in [2.24, 2.45) is 11.8 Å². The third kappa shape index (κ3) is 5.96. The highest BCUT2D eigenvalue weighted by Gasteiger charge is 2.24. The topological polar surface area (TPSA) is 70.7 Å². The summed E-state index contributed by atoms with van der Waals surface area (Å²) in [5.74, 6) is 1.12. The highest BCUT2D eigenvalue weighted by atomic mass is 16.5. The molecule has 1 aliphatic heterocycles. The van der Waals surface area contributed by atoms with Gasteiger partial charge in [-0.3, -0.25) is 4.79 Å². The molecule has 0 spiro atoms. The van der Waals surface area contributed by atoms with Gasteiger partial charge in [0.25, 0.3) is 0 Å². The second kappa shape index (κ2) is 9.87. The summed E-state index contributed by atoms with van der Waals surface area (Å²) in [5.41, 5.74) is 0. The number of rotatable bonds is 6. The van der Waals surface area contributed by atoms with E-state index >= 15 is 0 Å². The summed E-state index contributed by atoms with van der Waals surface area (Å²) in [4.78, 5) is 25.4. The molecule has 0 bridgehead atoms. The molecule has 2 fully saturated rings. The number of carbonyl (C=O) groups is 2. The van der Waals surface area contributed by atoms with Crippen LogP contribution in [-0.2, 0) is 9.53 Å². The molecular weight excluding hydrogens is 306 g/mol. The minimum Gasteiger partial charge on any atom is -0.376 e. The van der Waals surface area contributed by atoms with Crippen molar-refractivity contribution in [3.05, 3.63) is 0 Å². The predicted octanol–water partition coefficient (Wildman–Crippen LogP) is 2.14. The molecule has 2 rings (SSSR count). The summed E-state index contributed by atoms with van der Waals surface area (Å²) in [6.45, 7) is 4.88.